The van der Waals surface area contributed by atoms with E-state index in [9.17, 15) is 9.59 Å². The summed E-state index contributed by atoms with van der Waals surface area (Å²) in [6, 6.07) is 7.19. The van der Waals surface area contributed by atoms with Crippen LogP contribution < -0.4 is 10.2 Å². The molecule has 116 valence electrons. The van der Waals surface area contributed by atoms with Gasteiger partial charge in [-0.15, -0.1) is 0 Å². The number of benzene rings is 1. The Morgan fingerprint density at radius 3 is 2.59 bits per heavy atom. The van der Waals surface area contributed by atoms with E-state index in [1.165, 1.54) is 11.1 Å². The third-order valence-electron chi connectivity index (χ3n) is 3.22. The summed E-state index contributed by atoms with van der Waals surface area (Å²) < 4.78 is 5.36. The molecule has 2 rings (SSSR count). The van der Waals surface area contributed by atoms with Gasteiger partial charge in [-0.25, -0.2) is 5.43 Å². The molecule has 22 heavy (non-hydrogen) atoms. The number of hydrogen-bond acceptors (Lipinski definition) is 4. The Morgan fingerprint density at radius 1 is 1.27 bits per heavy atom. The van der Waals surface area contributed by atoms with Gasteiger partial charge >= 0.3 is 11.8 Å². The van der Waals surface area contributed by atoms with E-state index in [2.05, 4.69) is 17.1 Å². The van der Waals surface area contributed by atoms with Crippen molar-refractivity contribution in [2.75, 3.05) is 19.7 Å². The predicted octanol–water partition coefficient (Wildman–Crippen LogP) is 1.32. The molecule has 1 heterocycles. The summed E-state index contributed by atoms with van der Waals surface area (Å²) in [5, 5.41) is 3.80. The first kappa shape index (κ1) is 15.8. The summed E-state index contributed by atoms with van der Waals surface area (Å²) in [5.74, 6) is -0.503. The fourth-order valence-corrected chi connectivity index (χ4v) is 2.08. The lowest BCUT2D eigenvalue weighted by Gasteiger charge is -2.12. The highest BCUT2D eigenvalue weighted by molar-refractivity contribution is 6.35. The minimum atomic E-state index is -0.705. The van der Waals surface area contributed by atoms with Crippen molar-refractivity contribution < 1.29 is 14.3 Å². The molecular formula is C16H19N3O3. The Hall–Kier alpha value is -2.63. The highest BCUT2D eigenvalue weighted by atomic mass is 16.5. The van der Waals surface area contributed by atoms with Gasteiger partial charge < -0.3 is 9.64 Å². The predicted molar refractivity (Wildman–Crippen MR) is 83.7 cm³/mol. The van der Waals surface area contributed by atoms with Gasteiger partial charge in [0, 0.05) is 13.1 Å². The molecule has 1 aromatic rings. The molecule has 0 unspecified atom stereocenters. The second-order valence-electron chi connectivity index (χ2n) is 4.87. The number of ether oxygens (including phenoxy) is 1. The van der Waals surface area contributed by atoms with Crippen molar-refractivity contribution in [3.8, 4) is 5.75 Å². The zero-order chi connectivity index (χ0) is 15.8. The molecule has 1 aliphatic rings. The summed E-state index contributed by atoms with van der Waals surface area (Å²) in [6.07, 6.45) is 5.04. The zero-order valence-electron chi connectivity index (χ0n) is 12.3. The topological polar surface area (TPSA) is 71.0 Å². The molecule has 0 aromatic heterocycles. The van der Waals surface area contributed by atoms with Crippen molar-refractivity contribution >= 4 is 18.0 Å². The highest BCUT2D eigenvalue weighted by Gasteiger charge is 2.23. The maximum atomic E-state index is 11.7. The lowest BCUT2D eigenvalue weighted by molar-refractivity contribution is -0.145. The summed E-state index contributed by atoms with van der Waals surface area (Å²) >= 11 is 0. The Kier molecular flexibility index (Phi) is 5.71. The summed E-state index contributed by atoms with van der Waals surface area (Å²) in [7, 11) is 0. The number of carbonyl (C=O) groups is 2. The van der Waals surface area contributed by atoms with Crippen molar-refractivity contribution in [3.63, 3.8) is 0 Å². The number of hydrazone groups is 1. The first-order chi connectivity index (χ1) is 10.7. The normalized spacial score (nSPS) is 14.1. The average molecular weight is 301 g/mol. The molecule has 0 spiro atoms. The van der Waals surface area contributed by atoms with E-state index >= 15 is 0 Å². The van der Waals surface area contributed by atoms with Crippen molar-refractivity contribution in [1.82, 2.24) is 10.3 Å². The van der Waals surface area contributed by atoms with E-state index in [0.29, 0.717) is 19.7 Å². The number of rotatable bonds is 5. The monoisotopic (exact) mass is 301 g/mol. The second-order valence-corrected chi connectivity index (χ2v) is 4.87. The van der Waals surface area contributed by atoms with E-state index in [0.717, 1.165) is 24.2 Å². The summed E-state index contributed by atoms with van der Waals surface area (Å²) in [5.41, 5.74) is 3.04. The lowest BCUT2D eigenvalue weighted by Crippen LogP contribution is -2.39. The molecule has 1 aliphatic heterocycles. The molecule has 6 heteroatoms. The molecule has 1 N–H and O–H groups in total. The standard InChI is InChI=1S/C16H19N3O3/c1-2-11-22-14-7-5-13(6-8-14)12-17-18-15(20)16(21)19-9-3-4-10-19/h2,5-8,12H,1,3-4,9-11H2,(H,18,20)/b17-12+. The highest BCUT2D eigenvalue weighted by Crippen LogP contribution is 2.11. The van der Waals surface area contributed by atoms with Crippen LogP contribution in [0.5, 0.6) is 5.75 Å². The first-order valence-electron chi connectivity index (χ1n) is 7.17. The molecule has 0 saturated carbocycles. The van der Waals surface area contributed by atoms with Crippen LogP contribution in [0, 0.1) is 0 Å². The minimum absolute atomic E-state index is 0.447. The smallest absolute Gasteiger partial charge is 0.329 e. The third kappa shape index (κ3) is 4.44. The van der Waals surface area contributed by atoms with Crippen LogP contribution in [0.1, 0.15) is 18.4 Å². The van der Waals surface area contributed by atoms with Crippen molar-refractivity contribution in [1.29, 1.82) is 0 Å². The molecule has 1 fully saturated rings. The summed E-state index contributed by atoms with van der Waals surface area (Å²) in [4.78, 5) is 24.9. The average Bonchev–Trinajstić information content (AvgIpc) is 3.07. The van der Waals surface area contributed by atoms with E-state index in [4.69, 9.17) is 4.74 Å². The second kappa shape index (κ2) is 7.97. The van der Waals surface area contributed by atoms with Gasteiger partial charge in [-0.05, 0) is 42.7 Å². The van der Waals surface area contributed by atoms with Gasteiger partial charge in [0.25, 0.3) is 0 Å². The lowest BCUT2D eigenvalue weighted by atomic mass is 10.2. The maximum absolute atomic E-state index is 11.7. The van der Waals surface area contributed by atoms with Crippen LogP contribution in [0.4, 0.5) is 0 Å². The van der Waals surface area contributed by atoms with Crippen LogP contribution >= 0.6 is 0 Å². The fourth-order valence-electron chi connectivity index (χ4n) is 2.08. The number of likely N-dealkylation sites (tertiary alicyclic amines) is 1. The van der Waals surface area contributed by atoms with E-state index < -0.39 is 11.8 Å². The van der Waals surface area contributed by atoms with Gasteiger partial charge in [0.2, 0.25) is 0 Å². The largest absolute Gasteiger partial charge is 0.490 e. The number of nitrogens with zero attached hydrogens (tertiary/aromatic N) is 2. The minimum Gasteiger partial charge on any atom is -0.490 e. The van der Waals surface area contributed by atoms with Crippen LogP contribution in [0.15, 0.2) is 42.0 Å². The van der Waals surface area contributed by atoms with Crippen LogP contribution in [0.3, 0.4) is 0 Å². The third-order valence-corrected chi connectivity index (χ3v) is 3.22. The molecule has 0 aliphatic carbocycles. The van der Waals surface area contributed by atoms with E-state index in [1.54, 1.807) is 30.3 Å². The Balaban J connectivity index is 1.82. The maximum Gasteiger partial charge on any atom is 0.329 e. The van der Waals surface area contributed by atoms with E-state index in [-0.39, 0.29) is 0 Å². The van der Waals surface area contributed by atoms with E-state index in [1.807, 2.05) is 0 Å². The van der Waals surface area contributed by atoms with Gasteiger partial charge in [0.15, 0.2) is 0 Å². The van der Waals surface area contributed by atoms with Crippen LogP contribution in [0.2, 0.25) is 0 Å². The first-order valence-corrected chi connectivity index (χ1v) is 7.17. The Bertz CT molecular complexity index is 561. The molecule has 0 atom stereocenters. The van der Waals surface area contributed by atoms with Gasteiger partial charge in [-0.1, -0.05) is 12.7 Å². The molecule has 1 aromatic carbocycles. The fraction of sp³-hybridized carbons (Fsp3) is 0.312. The summed E-state index contributed by atoms with van der Waals surface area (Å²) in [6.45, 7) is 5.30. The van der Waals surface area contributed by atoms with Gasteiger partial charge in [-0.2, -0.15) is 5.10 Å². The van der Waals surface area contributed by atoms with Crippen molar-refractivity contribution in [2.45, 2.75) is 12.8 Å². The quantitative estimate of drug-likeness (QED) is 0.386. The molecule has 0 radical (unpaired) electrons. The molecule has 0 bridgehead atoms. The van der Waals surface area contributed by atoms with Crippen LogP contribution in [-0.2, 0) is 9.59 Å². The Labute approximate surface area is 129 Å². The van der Waals surface area contributed by atoms with Crippen molar-refractivity contribution in [2.24, 2.45) is 5.10 Å². The SMILES string of the molecule is C=CCOc1ccc(/C=N/NC(=O)C(=O)N2CCCC2)cc1. The molecular weight excluding hydrogens is 282 g/mol. The number of nitrogens with one attached hydrogen (secondary N) is 1. The number of amides is 2. The molecule has 6 nitrogen and oxygen atoms in total. The number of hydrogen-bond donors (Lipinski definition) is 1. The van der Waals surface area contributed by atoms with Crippen molar-refractivity contribution in [3.05, 3.63) is 42.5 Å². The Morgan fingerprint density at radius 2 is 1.95 bits per heavy atom. The zero-order valence-corrected chi connectivity index (χ0v) is 12.3. The van der Waals surface area contributed by atoms with Gasteiger partial charge in [-0.3, -0.25) is 9.59 Å². The van der Waals surface area contributed by atoms with Gasteiger partial charge in [0.05, 0.1) is 6.21 Å². The molecule has 2 amide bonds. The molecule has 1 saturated heterocycles. The van der Waals surface area contributed by atoms with Crippen LogP contribution in [-0.4, -0.2) is 42.6 Å². The van der Waals surface area contributed by atoms with Crippen LogP contribution in [0.25, 0.3) is 0 Å². The number of carbonyl (C=O) groups excluding carboxylic acids is 2. The van der Waals surface area contributed by atoms with Gasteiger partial charge in [0.1, 0.15) is 12.4 Å².